The fourth-order valence-corrected chi connectivity index (χ4v) is 0.397. The number of hydrogen-bond acceptors (Lipinski definition) is 5. The third-order valence-electron chi connectivity index (χ3n) is 0.870. The summed E-state index contributed by atoms with van der Waals surface area (Å²) in [4.78, 5) is 1.81. The molecule has 5 heteroatoms. The molecule has 1 rings (SSSR count). The fraction of sp³-hybridized carbons (Fsp3) is 0.500. The Morgan fingerprint density at radius 2 is 2.11 bits per heavy atom. The average Bonchev–Trinajstić information content (AvgIpc) is 1.90. The molecule has 0 unspecified atom stereocenters. The van der Waals surface area contributed by atoms with Crippen molar-refractivity contribution >= 4 is 5.82 Å². The molecule has 0 radical (unpaired) electrons. The van der Waals surface area contributed by atoms with Crippen LogP contribution in [0.2, 0.25) is 0 Å². The van der Waals surface area contributed by atoms with Crippen LogP contribution < -0.4 is 4.90 Å². The van der Waals surface area contributed by atoms with E-state index in [1.165, 1.54) is 0 Å². The lowest BCUT2D eigenvalue weighted by Gasteiger charge is -2.06. The molecule has 1 aromatic heterocycles. The maximum absolute atomic E-state index is 3.68. The van der Waals surface area contributed by atoms with Gasteiger partial charge in [0.25, 0.3) is 0 Å². The third-order valence-corrected chi connectivity index (χ3v) is 0.870. The number of rotatable bonds is 1. The molecule has 0 aromatic carbocycles. The van der Waals surface area contributed by atoms with Crippen LogP contribution >= 0.6 is 0 Å². The van der Waals surface area contributed by atoms with Gasteiger partial charge in [0.2, 0.25) is 0 Å². The molecule has 0 spiro atoms. The van der Waals surface area contributed by atoms with Crippen molar-refractivity contribution in [1.82, 2.24) is 20.6 Å². The van der Waals surface area contributed by atoms with Gasteiger partial charge in [-0.05, 0) is 10.4 Å². The number of anilines is 1. The Balaban J connectivity index is 2.85. The first-order chi connectivity index (χ1) is 4.30. The lowest BCUT2D eigenvalue weighted by molar-refractivity contribution is 0.752. The highest BCUT2D eigenvalue weighted by Gasteiger charge is 1.93. The van der Waals surface area contributed by atoms with E-state index in [0.29, 0.717) is 5.82 Å². The first-order valence-electron chi connectivity index (χ1n) is 2.49. The molecule has 0 aliphatic carbocycles. The van der Waals surface area contributed by atoms with E-state index in [-0.39, 0.29) is 0 Å². The summed E-state index contributed by atoms with van der Waals surface area (Å²) in [5.41, 5.74) is 0. The molecule has 0 atom stereocenters. The van der Waals surface area contributed by atoms with Crippen LogP contribution in [0, 0.1) is 0 Å². The molecule has 0 aliphatic heterocycles. The van der Waals surface area contributed by atoms with Crippen molar-refractivity contribution in [2.45, 2.75) is 0 Å². The topological polar surface area (TPSA) is 54.8 Å². The number of nitrogens with zero attached hydrogens (tertiary/aromatic N) is 5. The van der Waals surface area contributed by atoms with Gasteiger partial charge >= 0.3 is 0 Å². The summed E-state index contributed by atoms with van der Waals surface area (Å²) < 4.78 is 0. The van der Waals surface area contributed by atoms with E-state index in [4.69, 9.17) is 0 Å². The molecule has 9 heavy (non-hydrogen) atoms. The summed E-state index contributed by atoms with van der Waals surface area (Å²) in [5, 5.41) is 13.9. The van der Waals surface area contributed by atoms with Gasteiger partial charge in [-0.1, -0.05) is 0 Å². The molecule has 1 aromatic rings. The molecule has 5 nitrogen and oxygen atoms in total. The lowest BCUT2D eigenvalue weighted by Crippen LogP contribution is -2.12. The van der Waals surface area contributed by atoms with Gasteiger partial charge in [0, 0.05) is 14.1 Å². The zero-order chi connectivity index (χ0) is 6.69. The summed E-state index contributed by atoms with van der Waals surface area (Å²) in [6, 6.07) is 0. The minimum Gasteiger partial charge on any atom is -0.360 e. The highest BCUT2D eigenvalue weighted by atomic mass is 15.4. The maximum Gasteiger partial charge on any atom is 0.173 e. The van der Waals surface area contributed by atoms with E-state index in [1.807, 2.05) is 19.0 Å². The first kappa shape index (κ1) is 5.87. The van der Waals surface area contributed by atoms with Gasteiger partial charge < -0.3 is 4.90 Å². The maximum atomic E-state index is 3.68. The molecular weight excluding hydrogens is 118 g/mol. The summed E-state index contributed by atoms with van der Waals surface area (Å²) in [6.07, 6.45) is 1.55. The van der Waals surface area contributed by atoms with E-state index in [2.05, 4.69) is 20.6 Å². The third kappa shape index (κ3) is 1.31. The largest absolute Gasteiger partial charge is 0.360 e. The van der Waals surface area contributed by atoms with Crippen LogP contribution in [0.25, 0.3) is 0 Å². The SMILES string of the molecule is CN(C)c1cnnnn1. The molecule has 0 N–H and O–H groups in total. The Labute approximate surface area is 52.7 Å². The quantitative estimate of drug-likeness (QED) is 0.498. The molecule has 0 bridgehead atoms. The Hall–Kier alpha value is -1.26. The zero-order valence-corrected chi connectivity index (χ0v) is 5.31. The van der Waals surface area contributed by atoms with Crippen molar-refractivity contribution in [3.63, 3.8) is 0 Å². The van der Waals surface area contributed by atoms with Crippen LogP contribution in [0.4, 0.5) is 5.82 Å². The van der Waals surface area contributed by atoms with Crippen molar-refractivity contribution < 1.29 is 0 Å². The summed E-state index contributed by atoms with van der Waals surface area (Å²) in [6.45, 7) is 0. The van der Waals surface area contributed by atoms with Gasteiger partial charge in [-0.2, -0.15) is 0 Å². The highest BCUT2D eigenvalue weighted by Crippen LogP contribution is 1.96. The second-order valence-corrected chi connectivity index (χ2v) is 1.78. The summed E-state index contributed by atoms with van der Waals surface area (Å²) in [7, 11) is 3.73. The van der Waals surface area contributed by atoms with Crippen molar-refractivity contribution in [3.8, 4) is 0 Å². The normalized spacial score (nSPS) is 9.11. The monoisotopic (exact) mass is 125 g/mol. The van der Waals surface area contributed by atoms with E-state index in [9.17, 15) is 0 Å². The molecule has 0 saturated carbocycles. The second kappa shape index (κ2) is 2.34. The molecule has 0 amide bonds. The van der Waals surface area contributed by atoms with Crippen LogP contribution in [-0.2, 0) is 0 Å². The van der Waals surface area contributed by atoms with Gasteiger partial charge in [0.1, 0.15) is 0 Å². The second-order valence-electron chi connectivity index (χ2n) is 1.78. The Kier molecular flexibility index (Phi) is 1.53. The summed E-state index contributed by atoms with van der Waals surface area (Å²) >= 11 is 0. The summed E-state index contributed by atoms with van der Waals surface area (Å²) in [5.74, 6) is 0.713. The van der Waals surface area contributed by atoms with Crippen LogP contribution in [0.1, 0.15) is 0 Å². The lowest BCUT2D eigenvalue weighted by atomic mass is 10.7. The van der Waals surface area contributed by atoms with Crippen LogP contribution in [0.15, 0.2) is 6.20 Å². The predicted octanol–water partition coefficient (Wildman–Crippen LogP) is -0.667. The fourth-order valence-electron chi connectivity index (χ4n) is 0.397. The highest BCUT2D eigenvalue weighted by molar-refractivity contribution is 5.29. The van der Waals surface area contributed by atoms with Crippen molar-refractivity contribution in [1.29, 1.82) is 0 Å². The van der Waals surface area contributed by atoms with E-state index in [1.54, 1.807) is 6.20 Å². The molecule has 0 saturated heterocycles. The zero-order valence-electron chi connectivity index (χ0n) is 5.31. The Morgan fingerprint density at radius 3 is 2.44 bits per heavy atom. The van der Waals surface area contributed by atoms with Crippen LogP contribution in [-0.4, -0.2) is 34.7 Å². The molecule has 48 valence electrons. The van der Waals surface area contributed by atoms with Crippen molar-refractivity contribution in [3.05, 3.63) is 6.20 Å². The van der Waals surface area contributed by atoms with Gasteiger partial charge in [-0.3, -0.25) is 0 Å². The molecular formula is C4H7N5. The Morgan fingerprint density at radius 1 is 1.33 bits per heavy atom. The standard InChI is InChI=1S/C4H7N5/c1-9(2)4-3-5-7-8-6-4/h3H,1-2H3. The van der Waals surface area contributed by atoms with Crippen LogP contribution in [0.3, 0.4) is 0 Å². The molecule has 0 fully saturated rings. The smallest absolute Gasteiger partial charge is 0.173 e. The van der Waals surface area contributed by atoms with Crippen molar-refractivity contribution in [2.24, 2.45) is 0 Å². The minimum atomic E-state index is 0.713. The minimum absolute atomic E-state index is 0.713. The number of hydrogen-bond donors (Lipinski definition) is 0. The van der Waals surface area contributed by atoms with Gasteiger partial charge in [-0.25, -0.2) is 0 Å². The van der Waals surface area contributed by atoms with E-state index in [0.717, 1.165) is 0 Å². The van der Waals surface area contributed by atoms with Gasteiger partial charge in [-0.15, -0.1) is 10.2 Å². The van der Waals surface area contributed by atoms with Gasteiger partial charge in [0.05, 0.1) is 6.20 Å². The van der Waals surface area contributed by atoms with Crippen molar-refractivity contribution in [2.75, 3.05) is 19.0 Å². The Bertz CT molecular complexity index is 172. The molecule has 0 aliphatic rings. The van der Waals surface area contributed by atoms with Gasteiger partial charge in [0.15, 0.2) is 5.82 Å². The first-order valence-corrected chi connectivity index (χ1v) is 2.49. The van der Waals surface area contributed by atoms with E-state index < -0.39 is 0 Å². The number of aromatic nitrogens is 4. The average molecular weight is 125 g/mol. The van der Waals surface area contributed by atoms with Crippen LogP contribution in [0.5, 0.6) is 0 Å². The predicted molar refractivity (Wildman–Crippen MR) is 31.9 cm³/mol. The molecule has 1 heterocycles. The van der Waals surface area contributed by atoms with E-state index >= 15 is 0 Å².